The highest BCUT2D eigenvalue weighted by Gasteiger charge is 2.25. The maximum absolute atomic E-state index is 14.6. The molecule has 0 heterocycles. The summed E-state index contributed by atoms with van der Waals surface area (Å²) in [5.41, 5.74) is 2.28. The fourth-order valence-electron chi connectivity index (χ4n) is 9.33. The van der Waals surface area contributed by atoms with Gasteiger partial charge < -0.3 is 9.47 Å². The molecule has 0 amide bonds. The van der Waals surface area contributed by atoms with E-state index in [1.807, 2.05) is 109 Å². The van der Waals surface area contributed by atoms with E-state index in [1.54, 1.807) is 0 Å². The summed E-state index contributed by atoms with van der Waals surface area (Å²) in [7, 11) is 0. The van der Waals surface area contributed by atoms with Gasteiger partial charge in [-0.15, -0.1) is 0 Å². The van der Waals surface area contributed by atoms with Gasteiger partial charge in [-0.05, 0) is 110 Å². The lowest BCUT2D eigenvalue weighted by atomic mass is 9.91. The lowest BCUT2D eigenvalue weighted by Gasteiger charge is -2.19. The molecular formula is C54H30O4. The number of fused-ring (bicyclic) bond motifs is 2. The van der Waals surface area contributed by atoms with Crippen LogP contribution in [-0.2, 0) is 0 Å². The lowest BCUT2D eigenvalue weighted by Crippen LogP contribution is -2.12. The van der Waals surface area contributed by atoms with Crippen molar-refractivity contribution < 1.29 is 19.1 Å². The monoisotopic (exact) mass is 742 g/mol. The van der Waals surface area contributed by atoms with E-state index in [1.165, 1.54) is 0 Å². The maximum Gasteiger partial charge on any atom is 0.344 e. The molecule has 58 heavy (non-hydrogen) atoms. The van der Waals surface area contributed by atoms with E-state index in [2.05, 4.69) is 72.8 Å². The summed E-state index contributed by atoms with van der Waals surface area (Å²) >= 11 is 0. The standard InChI is InChI=1S/C54H30O4/c55-53(43-27-21-37-17-15-33-9-5-11-35-19-25-41(43)49(37)47(33)35)57-45-29-23-31-7-1-3-13-39(31)51(45)52-40-14-4-2-8-32(40)24-30-46(52)58-54(56)44-28-22-38-18-16-34-10-6-12-36-20-26-42(44)50(38)48(34)36/h1-30H. The highest BCUT2D eigenvalue weighted by molar-refractivity contribution is 6.27. The third kappa shape index (κ3) is 4.76. The number of carbonyl (C=O) groups is 2. The number of benzene rings is 12. The minimum Gasteiger partial charge on any atom is -0.422 e. The zero-order chi connectivity index (χ0) is 38.5. The SMILES string of the molecule is O=C(Oc1ccc2ccccc2c1-c1c(OC(=O)c2ccc3ccc4cccc5ccc2c3c45)ccc2ccccc12)c1ccc2ccc3cccc4ccc1c2c34. The summed E-state index contributed by atoms with van der Waals surface area (Å²) in [4.78, 5) is 29.1. The van der Waals surface area contributed by atoms with Crippen LogP contribution >= 0.6 is 0 Å². The molecule has 12 rings (SSSR count). The van der Waals surface area contributed by atoms with Crippen molar-refractivity contribution in [1.29, 1.82) is 0 Å². The molecule has 0 spiro atoms. The van der Waals surface area contributed by atoms with Crippen LogP contribution in [0.25, 0.3) is 97.3 Å². The molecule has 0 N–H and O–H groups in total. The van der Waals surface area contributed by atoms with Gasteiger partial charge in [0.2, 0.25) is 0 Å². The van der Waals surface area contributed by atoms with Crippen molar-refractivity contribution in [3.8, 4) is 22.6 Å². The van der Waals surface area contributed by atoms with E-state index < -0.39 is 11.9 Å². The molecule has 0 saturated heterocycles. The van der Waals surface area contributed by atoms with Crippen molar-refractivity contribution in [3.63, 3.8) is 0 Å². The molecule has 0 aliphatic heterocycles. The van der Waals surface area contributed by atoms with E-state index in [0.717, 1.165) is 86.2 Å². The number of esters is 2. The molecule has 0 atom stereocenters. The van der Waals surface area contributed by atoms with Gasteiger partial charge in [0.25, 0.3) is 0 Å². The second kappa shape index (κ2) is 12.3. The summed E-state index contributed by atoms with van der Waals surface area (Å²) in [5.74, 6) is -0.208. The van der Waals surface area contributed by atoms with Gasteiger partial charge in [0.05, 0.1) is 11.1 Å². The number of hydrogen-bond acceptors (Lipinski definition) is 4. The van der Waals surface area contributed by atoms with E-state index in [0.29, 0.717) is 33.8 Å². The van der Waals surface area contributed by atoms with Gasteiger partial charge in [0, 0.05) is 11.1 Å². The second-order valence-electron chi connectivity index (χ2n) is 15.0. The molecule has 270 valence electrons. The molecule has 0 aliphatic rings. The Hall–Kier alpha value is -7.82. The van der Waals surface area contributed by atoms with Crippen molar-refractivity contribution in [2.24, 2.45) is 0 Å². The van der Waals surface area contributed by atoms with Crippen molar-refractivity contribution in [2.45, 2.75) is 0 Å². The van der Waals surface area contributed by atoms with Gasteiger partial charge in [-0.3, -0.25) is 0 Å². The predicted molar refractivity (Wildman–Crippen MR) is 237 cm³/mol. The van der Waals surface area contributed by atoms with E-state index in [-0.39, 0.29) is 0 Å². The highest BCUT2D eigenvalue weighted by Crippen LogP contribution is 2.47. The first kappa shape index (κ1) is 32.4. The quantitative estimate of drug-likeness (QED) is 0.100. The van der Waals surface area contributed by atoms with Crippen LogP contribution in [0, 0.1) is 0 Å². The Morgan fingerprint density at radius 2 is 0.603 bits per heavy atom. The molecule has 12 aromatic carbocycles. The molecule has 4 heteroatoms. The van der Waals surface area contributed by atoms with Crippen LogP contribution < -0.4 is 9.47 Å². The summed E-state index contributed by atoms with van der Waals surface area (Å²) in [6.07, 6.45) is 0. The molecule has 0 aliphatic carbocycles. The number of rotatable bonds is 5. The van der Waals surface area contributed by atoms with E-state index in [4.69, 9.17) is 9.47 Å². The van der Waals surface area contributed by atoms with Crippen LogP contribution in [0.15, 0.2) is 182 Å². The zero-order valence-electron chi connectivity index (χ0n) is 31.0. The van der Waals surface area contributed by atoms with Crippen molar-refractivity contribution >= 4 is 98.1 Å². The van der Waals surface area contributed by atoms with Crippen LogP contribution in [-0.4, -0.2) is 11.9 Å². The predicted octanol–water partition coefficient (Wildman–Crippen LogP) is 13.9. The highest BCUT2D eigenvalue weighted by atomic mass is 16.5. The Balaban J connectivity index is 1.03. The molecule has 0 radical (unpaired) electrons. The molecule has 0 fully saturated rings. The molecule has 0 bridgehead atoms. The average Bonchev–Trinajstić information content (AvgIpc) is 3.27. The molecule has 4 nitrogen and oxygen atoms in total. The fraction of sp³-hybridized carbons (Fsp3) is 0. The third-order valence-electron chi connectivity index (χ3n) is 11.9. The van der Waals surface area contributed by atoms with Gasteiger partial charge in [0.1, 0.15) is 11.5 Å². The van der Waals surface area contributed by atoms with Crippen LogP contribution in [0.5, 0.6) is 11.5 Å². The van der Waals surface area contributed by atoms with Crippen LogP contribution in [0.1, 0.15) is 20.7 Å². The van der Waals surface area contributed by atoms with E-state index >= 15 is 0 Å². The molecular weight excluding hydrogens is 713 g/mol. The Morgan fingerprint density at radius 1 is 0.276 bits per heavy atom. The fourth-order valence-corrected chi connectivity index (χ4v) is 9.33. The minimum atomic E-state index is -0.470. The van der Waals surface area contributed by atoms with Crippen LogP contribution in [0.4, 0.5) is 0 Å². The zero-order valence-corrected chi connectivity index (χ0v) is 31.0. The molecule has 0 saturated carbocycles. The lowest BCUT2D eigenvalue weighted by molar-refractivity contribution is 0.0725. The Labute approximate surface area is 331 Å². The van der Waals surface area contributed by atoms with Gasteiger partial charge in [-0.1, -0.05) is 158 Å². The number of hydrogen-bond donors (Lipinski definition) is 0. The normalized spacial score (nSPS) is 11.9. The first-order chi connectivity index (χ1) is 28.6. The third-order valence-corrected chi connectivity index (χ3v) is 11.9. The topological polar surface area (TPSA) is 52.6 Å². The Morgan fingerprint density at radius 3 is 1.03 bits per heavy atom. The largest absolute Gasteiger partial charge is 0.422 e. The summed E-state index contributed by atoms with van der Waals surface area (Å²) < 4.78 is 13.0. The maximum atomic E-state index is 14.6. The first-order valence-corrected chi connectivity index (χ1v) is 19.4. The van der Waals surface area contributed by atoms with Crippen molar-refractivity contribution in [3.05, 3.63) is 193 Å². The van der Waals surface area contributed by atoms with Crippen LogP contribution in [0.3, 0.4) is 0 Å². The minimum absolute atomic E-state index is 0.366. The molecule has 12 aromatic rings. The summed E-state index contributed by atoms with van der Waals surface area (Å²) in [6.45, 7) is 0. The van der Waals surface area contributed by atoms with Gasteiger partial charge in [-0.25, -0.2) is 9.59 Å². The first-order valence-electron chi connectivity index (χ1n) is 19.4. The van der Waals surface area contributed by atoms with E-state index in [9.17, 15) is 9.59 Å². The second-order valence-corrected chi connectivity index (χ2v) is 15.0. The smallest absolute Gasteiger partial charge is 0.344 e. The Bertz CT molecular complexity index is 3400. The number of ether oxygens (including phenoxy) is 2. The van der Waals surface area contributed by atoms with Gasteiger partial charge in [-0.2, -0.15) is 0 Å². The van der Waals surface area contributed by atoms with Crippen molar-refractivity contribution in [2.75, 3.05) is 0 Å². The summed E-state index contributed by atoms with van der Waals surface area (Å²) in [5, 5.41) is 16.3. The van der Waals surface area contributed by atoms with Crippen molar-refractivity contribution in [1.82, 2.24) is 0 Å². The Kier molecular flexibility index (Phi) is 6.90. The van der Waals surface area contributed by atoms with Gasteiger partial charge >= 0.3 is 11.9 Å². The number of carbonyl (C=O) groups excluding carboxylic acids is 2. The van der Waals surface area contributed by atoms with Crippen LogP contribution in [0.2, 0.25) is 0 Å². The molecule has 0 unspecified atom stereocenters. The average molecular weight is 743 g/mol. The molecule has 0 aromatic heterocycles. The summed E-state index contributed by atoms with van der Waals surface area (Å²) in [6, 6.07) is 60.5. The van der Waals surface area contributed by atoms with Gasteiger partial charge in [0.15, 0.2) is 0 Å².